The minimum absolute atomic E-state index is 0.0104. The quantitative estimate of drug-likeness (QED) is 0.870. The monoisotopic (exact) mass is 309 g/mol. The van der Waals surface area contributed by atoms with Crippen molar-refractivity contribution < 1.29 is 18.0 Å². The van der Waals surface area contributed by atoms with Gasteiger partial charge in [0, 0.05) is 13.1 Å². The van der Waals surface area contributed by atoms with Crippen LogP contribution in [-0.4, -0.2) is 30.5 Å². The average Bonchev–Trinajstić information content (AvgIpc) is 2.25. The van der Waals surface area contributed by atoms with E-state index in [0.717, 1.165) is 12.1 Å². The molecule has 1 aromatic heterocycles. The number of alkyl halides is 3. The molecule has 20 heavy (non-hydrogen) atoms. The van der Waals surface area contributed by atoms with Crippen LogP contribution < -0.4 is 10.2 Å². The number of amides is 1. The lowest BCUT2D eigenvalue weighted by Gasteiger charge is -2.20. The summed E-state index contributed by atoms with van der Waals surface area (Å²) in [5.74, 6) is -0.318. The normalized spacial score (nSPS) is 11.6. The SMILES string of the molecule is CC(C)NC(=O)CN(C)c1cc(C(F)(F)F)cc(Cl)n1. The van der Waals surface area contributed by atoms with E-state index >= 15 is 0 Å². The van der Waals surface area contributed by atoms with Crippen molar-refractivity contribution >= 4 is 23.3 Å². The number of pyridine rings is 1. The maximum Gasteiger partial charge on any atom is 0.416 e. The zero-order chi connectivity index (χ0) is 15.5. The maximum absolute atomic E-state index is 12.7. The van der Waals surface area contributed by atoms with Crippen molar-refractivity contribution in [2.45, 2.75) is 26.1 Å². The van der Waals surface area contributed by atoms with Crippen LogP contribution in [0.5, 0.6) is 0 Å². The Morgan fingerprint density at radius 1 is 1.45 bits per heavy atom. The summed E-state index contributed by atoms with van der Waals surface area (Å²) >= 11 is 5.58. The number of halogens is 4. The molecule has 0 unspecified atom stereocenters. The molecule has 8 heteroatoms. The Balaban J connectivity index is 2.90. The molecule has 1 rings (SSSR count). The average molecular weight is 310 g/mol. The number of hydrogen-bond donors (Lipinski definition) is 1. The lowest BCUT2D eigenvalue weighted by molar-refractivity contribution is -0.137. The summed E-state index contributed by atoms with van der Waals surface area (Å²) in [5, 5.41) is 2.37. The molecule has 1 aromatic rings. The molecule has 0 bridgehead atoms. The molecule has 1 amide bonds. The number of likely N-dealkylation sites (N-methyl/N-ethyl adjacent to an activating group) is 1. The van der Waals surface area contributed by atoms with Gasteiger partial charge in [0.05, 0.1) is 12.1 Å². The van der Waals surface area contributed by atoms with Gasteiger partial charge in [0.1, 0.15) is 11.0 Å². The van der Waals surface area contributed by atoms with Crippen molar-refractivity contribution in [2.75, 3.05) is 18.5 Å². The molecular weight excluding hydrogens is 295 g/mol. The van der Waals surface area contributed by atoms with Crippen LogP contribution in [0, 0.1) is 0 Å². The van der Waals surface area contributed by atoms with Crippen molar-refractivity contribution in [3.63, 3.8) is 0 Å². The van der Waals surface area contributed by atoms with Crippen LogP contribution in [0.25, 0.3) is 0 Å². The molecule has 0 radical (unpaired) electrons. The van der Waals surface area contributed by atoms with E-state index < -0.39 is 11.7 Å². The highest BCUT2D eigenvalue weighted by Gasteiger charge is 2.32. The molecule has 0 aromatic carbocycles. The van der Waals surface area contributed by atoms with Crippen LogP contribution >= 0.6 is 11.6 Å². The Hall–Kier alpha value is -1.50. The fourth-order valence-corrected chi connectivity index (χ4v) is 1.71. The molecule has 0 spiro atoms. The summed E-state index contributed by atoms with van der Waals surface area (Å²) in [5.41, 5.74) is -0.899. The van der Waals surface area contributed by atoms with Gasteiger partial charge in [-0.15, -0.1) is 0 Å². The predicted molar refractivity (Wildman–Crippen MR) is 70.8 cm³/mol. The predicted octanol–water partition coefficient (Wildman–Crippen LogP) is 2.71. The van der Waals surface area contributed by atoms with E-state index in [2.05, 4.69) is 10.3 Å². The second-order valence-electron chi connectivity index (χ2n) is 4.61. The molecule has 1 heterocycles. The summed E-state index contributed by atoms with van der Waals surface area (Å²) in [4.78, 5) is 16.7. The third-order valence-corrected chi connectivity index (χ3v) is 2.52. The minimum Gasteiger partial charge on any atom is -0.352 e. The zero-order valence-corrected chi connectivity index (χ0v) is 12.0. The summed E-state index contributed by atoms with van der Waals surface area (Å²) in [6.45, 7) is 3.47. The molecule has 0 aliphatic rings. The number of aromatic nitrogens is 1. The molecular formula is C12H15ClF3N3O. The van der Waals surface area contributed by atoms with Gasteiger partial charge in [0.15, 0.2) is 0 Å². The molecule has 0 saturated carbocycles. The Morgan fingerprint density at radius 3 is 2.55 bits per heavy atom. The summed E-state index contributed by atoms with van der Waals surface area (Å²) in [6.07, 6.45) is -4.51. The van der Waals surface area contributed by atoms with Gasteiger partial charge in [0.2, 0.25) is 5.91 Å². The Labute approximate surface area is 119 Å². The lowest BCUT2D eigenvalue weighted by Crippen LogP contribution is -2.38. The van der Waals surface area contributed by atoms with E-state index in [-0.39, 0.29) is 29.5 Å². The minimum atomic E-state index is -4.51. The van der Waals surface area contributed by atoms with E-state index in [9.17, 15) is 18.0 Å². The topological polar surface area (TPSA) is 45.2 Å². The molecule has 0 fully saturated rings. The first-order valence-electron chi connectivity index (χ1n) is 5.85. The molecule has 0 atom stereocenters. The van der Waals surface area contributed by atoms with Crippen LogP contribution in [0.4, 0.5) is 19.0 Å². The summed E-state index contributed by atoms with van der Waals surface area (Å²) < 4.78 is 38.0. The van der Waals surface area contributed by atoms with Gasteiger partial charge in [0.25, 0.3) is 0 Å². The van der Waals surface area contributed by atoms with Crippen molar-refractivity contribution in [1.29, 1.82) is 0 Å². The van der Waals surface area contributed by atoms with Gasteiger partial charge in [-0.2, -0.15) is 13.2 Å². The summed E-state index contributed by atoms with van der Waals surface area (Å²) in [6, 6.07) is 1.55. The van der Waals surface area contributed by atoms with Gasteiger partial charge in [-0.3, -0.25) is 4.79 Å². The Kier molecular flexibility index (Phi) is 5.21. The first-order chi connectivity index (χ1) is 9.09. The third kappa shape index (κ3) is 4.88. The second-order valence-corrected chi connectivity index (χ2v) is 5.00. The number of nitrogens with one attached hydrogen (secondary N) is 1. The number of hydrogen-bond acceptors (Lipinski definition) is 3. The number of rotatable bonds is 4. The van der Waals surface area contributed by atoms with E-state index in [1.165, 1.54) is 11.9 Å². The number of carbonyl (C=O) groups excluding carboxylic acids is 1. The standard InChI is InChI=1S/C12H15ClF3N3O/c1-7(2)17-11(20)6-19(3)10-5-8(12(14,15)16)4-9(13)18-10/h4-5,7H,6H2,1-3H3,(H,17,20). The Bertz CT molecular complexity index is 491. The molecule has 0 aliphatic heterocycles. The van der Waals surface area contributed by atoms with E-state index in [1.54, 1.807) is 13.8 Å². The second kappa shape index (κ2) is 6.30. The Morgan fingerprint density at radius 2 is 2.05 bits per heavy atom. The molecule has 0 aliphatic carbocycles. The van der Waals surface area contributed by atoms with Crippen molar-refractivity contribution in [2.24, 2.45) is 0 Å². The zero-order valence-electron chi connectivity index (χ0n) is 11.3. The highest BCUT2D eigenvalue weighted by atomic mass is 35.5. The van der Waals surface area contributed by atoms with Crippen molar-refractivity contribution in [1.82, 2.24) is 10.3 Å². The first kappa shape index (κ1) is 16.6. The molecule has 112 valence electrons. The lowest BCUT2D eigenvalue weighted by atomic mass is 10.2. The van der Waals surface area contributed by atoms with Crippen LogP contribution in [0.3, 0.4) is 0 Å². The van der Waals surface area contributed by atoms with E-state index in [0.29, 0.717) is 0 Å². The van der Waals surface area contributed by atoms with Gasteiger partial charge in [-0.05, 0) is 26.0 Å². The van der Waals surface area contributed by atoms with E-state index in [1.807, 2.05) is 0 Å². The first-order valence-corrected chi connectivity index (χ1v) is 6.22. The fourth-order valence-electron chi connectivity index (χ4n) is 1.51. The number of carbonyl (C=O) groups is 1. The maximum atomic E-state index is 12.7. The number of anilines is 1. The molecule has 4 nitrogen and oxygen atoms in total. The van der Waals surface area contributed by atoms with Gasteiger partial charge in [-0.1, -0.05) is 11.6 Å². The molecule has 0 saturated heterocycles. The van der Waals surface area contributed by atoms with Gasteiger partial charge < -0.3 is 10.2 Å². The highest BCUT2D eigenvalue weighted by molar-refractivity contribution is 6.29. The van der Waals surface area contributed by atoms with Gasteiger partial charge >= 0.3 is 6.18 Å². The van der Waals surface area contributed by atoms with Crippen LogP contribution in [0.2, 0.25) is 5.15 Å². The number of nitrogens with zero attached hydrogens (tertiary/aromatic N) is 2. The van der Waals surface area contributed by atoms with Gasteiger partial charge in [-0.25, -0.2) is 4.98 Å². The van der Waals surface area contributed by atoms with E-state index in [4.69, 9.17) is 11.6 Å². The summed E-state index contributed by atoms with van der Waals surface area (Å²) in [7, 11) is 1.47. The smallest absolute Gasteiger partial charge is 0.352 e. The van der Waals surface area contributed by atoms with Crippen molar-refractivity contribution in [3.8, 4) is 0 Å². The van der Waals surface area contributed by atoms with Crippen molar-refractivity contribution in [3.05, 3.63) is 22.8 Å². The fraction of sp³-hybridized carbons (Fsp3) is 0.500. The third-order valence-electron chi connectivity index (χ3n) is 2.33. The largest absolute Gasteiger partial charge is 0.416 e. The highest BCUT2D eigenvalue weighted by Crippen LogP contribution is 2.32. The molecule has 1 N–H and O–H groups in total. The van der Waals surface area contributed by atoms with Crippen LogP contribution in [-0.2, 0) is 11.0 Å². The van der Waals surface area contributed by atoms with Crippen LogP contribution in [0.1, 0.15) is 19.4 Å². The van der Waals surface area contributed by atoms with Crippen LogP contribution in [0.15, 0.2) is 12.1 Å².